The smallest absolute Gasteiger partial charge is 0.0504 e. The summed E-state index contributed by atoms with van der Waals surface area (Å²) in [4.78, 5) is 4.03. The van der Waals surface area contributed by atoms with Gasteiger partial charge in [-0.15, -0.1) is 0 Å². The van der Waals surface area contributed by atoms with Crippen molar-refractivity contribution in [3.05, 3.63) is 30.1 Å². The van der Waals surface area contributed by atoms with E-state index in [4.69, 9.17) is 0 Å². The molecule has 1 saturated heterocycles. The van der Waals surface area contributed by atoms with Crippen LogP contribution >= 0.6 is 0 Å². The Labute approximate surface area is 92.8 Å². The maximum absolute atomic E-state index is 12.0. The standard InChI is InChI=1S/C11H16N2OS/c14-15(11-4-2-6-13-8-11)9-10-3-1-5-12-7-10/h1,3,5,7,11,13H,2,4,6,8-9H2/t11-,15-/m1/s1. The van der Waals surface area contributed by atoms with Crippen molar-refractivity contribution in [3.8, 4) is 0 Å². The third-order valence-electron chi connectivity index (χ3n) is 2.66. The van der Waals surface area contributed by atoms with Gasteiger partial charge in [-0.3, -0.25) is 9.19 Å². The topological polar surface area (TPSA) is 42.0 Å². The Morgan fingerprint density at radius 3 is 3.20 bits per heavy atom. The Morgan fingerprint density at radius 2 is 2.53 bits per heavy atom. The van der Waals surface area contributed by atoms with Gasteiger partial charge in [-0.05, 0) is 31.0 Å². The summed E-state index contributed by atoms with van der Waals surface area (Å²) in [5.74, 6) is 0.639. The lowest BCUT2D eigenvalue weighted by atomic mass is 10.2. The van der Waals surface area contributed by atoms with Crippen LogP contribution in [0.4, 0.5) is 0 Å². The molecule has 82 valence electrons. The van der Waals surface area contributed by atoms with E-state index in [9.17, 15) is 4.21 Å². The number of nitrogens with zero attached hydrogens (tertiary/aromatic N) is 1. The van der Waals surface area contributed by atoms with Crippen molar-refractivity contribution in [2.75, 3.05) is 13.1 Å². The van der Waals surface area contributed by atoms with Crippen molar-refractivity contribution < 1.29 is 4.21 Å². The molecule has 1 aromatic rings. The van der Waals surface area contributed by atoms with Crippen LogP contribution in [-0.2, 0) is 16.6 Å². The van der Waals surface area contributed by atoms with Gasteiger partial charge in [-0.1, -0.05) is 6.07 Å². The van der Waals surface area contributed by atoms with Gasteiger partial charge in [0.15, 0.2) is 0 Å². The lowest BCUT2D eigenvalue weighted by Gasteiger charge is -2.21. The zero-order chi connectivity index (χ0) is 10.5. The summed E-state index contributed by atoms with van der Waals surface area (Å²) < 4.78 is 12.0. The van der Waals surface area contributed by atoms with E-state index in [1.807, 2.05) is 12.1 Å². The zero-order valence-corrected chi connectivity index (χ0v) is 9.50. The van der Waals surface area contributed by atoms with Crippen LogP contribution < -0.4 is 5.32 Å². The minimum absolute atomic E-state index is 0.318. The molecule has 0 aromatic carbocycles. The third-order valence-corrected chi connectivity index (χ3v) is 4.42. The summed E-state index contributed by atoms with van der Waals surface area (Å²) in [5, 5.41) is 3.61. The van der Waals surface area contributed by atoms with Gasteiger partial charge < -0.3 is 5.32 Å². The Bertz CT molecular complexity index is 323. The molecule has 0 saturated carbocycles. The molecule has 4 heteroatoms. The number of aromatic nitrogens is 1. The molecule has 0 unspecified atom stereocenters. The van der Waals surface area contributed by atoms with Crippen LogP contribution in [0.1, 0.15) is 18.4 Å². The second-order valence-electron chi connectivity index (χ2n) is 3.85. The van der Waals surface area contributed by atoms with Crippen LogP contribution in [0.5, 0.6) is 0 Å². The van der Waals surface area contributed by atoms with E-state index < -0.39 is 10.8 Å². The van der Waals surface area contributed by atoms with E-state index in [1.54, 1.807) is 12.4 Å². The van der Waals surface area contributed by atoms with Crippen LogP contribution in [0, 0.1) is 0 Å². The molecule has 1 fully saturated rings. The highest BCUT2D eigenvalue weighted by Crippen LogP contribution is 2.12. The van der Waals surface area contributed by atoms with E-state index in [0.717, 1.165) is 31.5 Å². The van der Waals surface area contributed by atoms with Gasteiger partial charge in [-0.2, -0.15) is 0 Å². The van der Waals surface area contributed by atoms with Gasteiger partial charge in [0.25, 0.3) is 0 Å². The third kappa shape index (κ3) is 3.11. The Morgan fingerprint density at radius 1 is 1.60 bits per heavy atom. The first-order valence-corrected chi connectivity index (χ1v) is 6.71. The van der Waals surface area contributed by atoms with E-state index in [-0.39, 0.29) is 0 Å². The summed E-state index contributed by atoms with van der Waals surface area (Å²) >= 11 is 0. The molecular weight excluding hydrogens is 208 g/mol. The van der Waals surface area contributed by atoms with Crippen LogP contribution in [0.15, 0.2) is 24.5 Å². The number of hydrogen-bond acceptors (Lipinski definition) is 3. The van der Waals surface area contributed by atoms with Crippen molar-refractivity contribution in [2.45, 2.75) is 23.8 Å². The molecule has 1 aliphatic heterocycles. The molecule has 1 aromatic heterocycles. The summed E-state index contributed by atoms with van der Waals surface area (Å²) in [6.45, 7) is 1.97. The first kappa shape index (κ1) is 10.8. The largest absolute Gasteiger partial charge is 0.316 e. The first-order chi connectivity index (χ1) is 7.36. The van der Waals surface area contributed by atoms with Crippen molar-refractivity contribution in [1.29, 1.82) is 0 Å². The number of rotatable bonds is 3. The van der Waals surface area contributed by atoms with Crippen molar-refractivity contribution in [1.82, 2.24) is 10.3 Å². The van der Waals surface area contributed by atoms with Crippen LogP contribution in [0.2, 0.25) is 0 Å². The minimum atomic E-state index is -0.760. The monoisotopic (exact) mass is 224 g/mol. The summed E-state index contributed by atoms with van der Waals surface area (Å²) in [7, 11) is -0.760. The van der Waals surface area contributed by atoms with Crippen LogP contribution in [0.3, 0.4) is 0 Å². The average molecular weight is 224 g/mol. The van der Waals surface area contributed by atoms with E-state index in [2.05, 4.69) is 10.3 Å². The van der Waals surface area contributed by atoms with Gasteiger partial charge in [0.1, 0.15) is 0 Å². The fraction of sp³-hybridized carbons (Fsp3) is 0.545. The highest BCUT2D eigenvalue weighted by Gasteiger charge is 2.19. The summed E-state index contributed by atoms with van der Waals surface area (Å²) in [6.07, 6.45) is 5.77. The van der Waals surface area contributed by atoms with Crippen molar-refractivity contribution in [3.63, 3.8) is 0 Å². The molecule has 1 N–H and O–H groups in total. The highest BCUT2D eigenvalue weighted by molar-refractivity contribution is 7.84. The second-order valence-corrected chi connectivity index (χ2v) is 5.57. The molecule has 3 nitrogen and oxygen atoms in total. The fourth-order valence-electron chi connectivity index (χ4n) is 1.81. The maximum atomic E-state index is 12.0. The summed E-state index contributed by atoms with van der Waals surface area (Å²) in [5.41, 5.74) is 1.07. The molecule has 15 heavy (non-hydrogen) atoms. The van der Waals surface area contributed by atoms with E-state index in [1.165, 1.54) is 0 Å². The molecular formula is C11H16N2OS. The summed E-state index contributed by atoms with van der Waals surface area (Å²) in [6, 6.07) is 3.88. The maximum Gasteiger partial charge on any atom is 0.0504 e. The quantitative estimate of drug-likeness (QED) is 0.835. The Kier molecular flexibility index (Phi) is 3.86. The van der Waals surface area contributed by atoms with Crippen molar-refractivity contribution >= 4 is 10.8 Å². The molecule has 0 amide bonds. The second kappa shape index (κ2) is 5.37. The molecule has 2 heterocycles. The molecule has 0 aliphatic carbocycles. The number of nitrogens with one attached hydrogen (secondary N) is 1. The first-order valence-electron chi connectivity index (χ1n) is 5.33. The Balaban J connectivity index is 1.91. The molecule has 1 aliphatic rings. The minimum Gasteiger partial charge on any atom is -0.316 e. The number of pyridine rings is 1. The van der Waals surface area contributed by atoms with Gasteiger partial charge >= 0.3 is 0 Å². The SMILES string of the molecule is O=[S@](Cc1cccnc1)[C@@H]1CCCNC1. The predicted molar refractivity (Wildman–Crippen MR) is 62.0 cm³/mol. The van der Waals surface area contributed by atoms with Crippen LogP contribution in [-0.4, -0.2) is 27.5 Å². The van der Waals surface area contributed by atoms with Gasteiger partial charge in [0, 0.05) is 35.0 Å². The normalized spacial score (nSPS) is 23.6. The lowest BCUT2D eigenvalue weighted by Crippen LogP contribution is -2.36. The van der Waals surface area contributed by atoms with Gasteiger partial charge in [-0.25, -0.2) is 0 Å². The molecule has 0 radical (unpaired) electrons. The molecule has 0 bridgehead atoms. The molecule has 2 atom stereocenters. The van der Waals surface area contributed by atoms with E-state index in [0.29, 0.717) is 11.0 Å². The van der Waals surface area contributed by atoms with Gasteiger partial charge in [0.2, 0.25) is 0 Å². The number of hydrogen-bond donors (Lipinski definition) is 1. The zero-order valence-electron chi connectivity index (χ0n) is 8.69. The predicted octanol–water partition coefficient (Wildman–Crippen LogP) is 1.08. The highest BCUT2D eigenvalue weighted by atomic mass is 32.2. The van der Waals surface area contributed by atoms with E-state index >= 15 is 0 Å². The lowest BCUT2D eigenvalue weighted by molar-refractivity contribution is 0.519. The Hall–Kier alpha value is -0.740. The molecule has 2 rings (SSSR count). The molecule has 0 spiro atoms. The van der Waals surface area contributed by atoms with Gasteiger partial charge in [0.05, 0.1) is 5.75 Å². The number of piperidine rings is 1. The van der Waals surface area contributed by atoms with Crippen molar-refractivity contribution in [2.24, 2.45) is 0 Å². The van der Waals surface area contributed by atoms with Crippen LogP contribution in [0.25, 0.3) is 0 Å². The average Bonchev–Trinajstić information content (AvgIpc) is 2.31. The fourth-order valence-corrected chi connectivity index (χ4v) is 3.28.